The van der Waals surface area contributed by atoms with Crippen LogP contribution in [0.1, 0.15) is 54.4 Å². The molecule has 0 amide bonds. The Balaban J connectivity index is 0.00000620. The standard InChI is InChI=1S/C42H48N6O7S.ClH/c1-29-10-8-15-37(54-27-30-11-6-5-7-12-30)39(29)36-23-38(46-41(45-36)47-56(51,52)35-14-9-13-31(22-35)40(49)50)55-28-33(24-42(2,3)4)43-25-32-16-17-34(26-44-32)48-18-20-53-21-19-48;/h5-17,22-23,26,33,43H,18-21,24-25,27-28H2,1-4H3,(H,49,50)(H,45,46,47);1H/t33-;/m1./s1. The van der Waals surface area contributed by atoms with Crippen molar-refractivity contribution in [2.45, 2.75) is 58.2 Å². The van der Waals surface area contributed by atoms with E-state index in [0.717, 1.165) is 48.1 Å². The summed E-state index contributed by atoms with van der Waals surface area (Å²) in [6, 6.07) is 26.1. The number of carboxylic acids is 1. The molecule has 302 valence electrons. The fraction of sp³-hybridized carbons (Fsp3) is 0.333. The highest BCUT2D eigenvalue weighted by molar-refractivity contribution is 7.92. The van der Waals surface area contributed by atoms with E-state index < -0.39 is 16.0 Å². The number of hydrogen-bond donors (Lipinski definition) is 3. The predicted molar refractivity (Wildman–Crippen MR) is 222 cm³/mol. The van der Waals surface area contributed by atoms with Crippen LogP contribution in [0.25, 0.3) is 11.3 Å². The van der Waals surface area contributed by atoms with Gasteiger partial charge in [-0.05, 0) is 66.3 Å². The highest BCUT2D eigenvalue weighted by Crippen LogP contribution is 2.35. The number of nitrogens with zero attached hydrogens (tertiary/aromatic N) is 4. The van der Waals surface area contributed by atoms with Crippen molar-refractivity contribution in [3.8, 4) is 22.9 Å². The SMILES string of the molecule is Cc1cccc(OCc2ccccc2)c1-c1cc(OC[C@@H](CC(C)(C)C)NCc2ccc(N3CCOCC3)cn2)nc(NS(=O)(=O)c2cccc(C(=O)O)c2)n1.Cl. The van der Waals surface area contributed by atoms with Crippen molar-refractivity contribution in [3.63, 3.8) is 0 Å². The Kier molecular flexibility index (Phi) is 14.5. The Morgan fingerprint density at radius 3 is 2.40 bits per heavy atom. The number of aryl methyl sites for hydroxylation is 1. The number of hydrogen-bond acceptors (Lipinski definition) is 11. The Hall–Kier alpha value is -5.28. The van der Waals surface area contributed by atoms with Crippen molar-refractivity contribution >= 4 is 40.0 Å². The lowest BCUT2D eigenvalue weighted by atomic mass is 9.88. The van der Waals surface area contributed by atoms with E-state index in [-0.39, 0.29) is 52.8 Å². The minimum atomic E-state index is -4.31. The number of benzene rings is 3. The van der Waals surface area contributed by atoms with Gasteiger partial charge in [-0.2, -0.15) is 4.98 Å². The molecule has 0 saturated carbocycles. The lowest BCUT2D eigenvalue weighted by Gasteiger charge is -2.29. The number of carbonyl (C=O) groups is 1. The Morgan fingerprint density at radius 1 is 0.947 bits per heavy atom. The summed E-state index contributed by atoms with van der Waals surface area (Å²) in [7, 11) is -4.31. The van der Waals surface area contributed by atoms with Gasteiger partial charge in [0.1, 0.15) is 19.0 Å². The van der Waals surface area contributed by atoms with Crippen molar-refractivity contribution < 1.29 is 32.5 Å². The number of halogens is 1. The van der Waals surface area contributed by atoms with Crippen LogP contribution in [0.4, 0.5) is 11.6 Å². The Labute approximate surface area is 340 Å². The summed E-state index contributed by atoms with van der Waals surface area (Å²) in [5.74, 6) is -0.822. The molecule has 6 rings (SSSR count). The molecule has 1 aliphatic rings. The number of nitrogens with one attached hydrogen (secondary N) is 2. The molecule has 57 heavy (non-hydrogen) atoms. The van der Waals surface area contributed by atoms with Gasteiger partial charge in [0.15, 0.2) is 0 Å². The van der Waals surface area contributed by atoms with Gasteiger partial charge in [0, 0.05) is 37.3 Å². The largest absolute Gasteiger partial charge is 0.488 e. The van der Waals surface area contributed by atoms with E-state index in [1.54, 1.807) is 6.07 Å². The average Bonchev–Trinajstić information content (AvgIpc) is 3.18. The molecular formula is C42H49ClN6O7S. The highest BCUT2D eigenvalue weighted by Gasteiger charge is 2.23. The molecule has 3 aromatic carbocycles. The lowest BCUT2D eigenvalue weighted by Crippen LogP contribution is -2.38. The van der Waals surface area contributed by atoms with Crippen LogP contribution in [0.15, 0.2) is 102 Å². The number of rotatable bonds is 16. The number of aromatic carboxylic acids is 1. The van der Waals surface area contributed by atoms with Gasteiger partial charge < -0.3 is 29.5 Å². The average molecular weight is 817 g/mol. The Morgan fingerprint density at radius 2 is 1.70 bits per heavy atom. The topological polar surface area (TPSA) is 165 Å². The van der Waals surface area contributed by atoms with Gasteiger partial charge in [-0.25, -0.2) is 22.9 Å². The van der Waals surface area contributed by atoms with Crippen molar-refractivity contribution in [1.82, 2.24) is 20.3 Å². The second kappa shape index (κ2) is 19.2. The highest BCUT2D eigenvalue weighted by atomic mass is 35.5. The predicted octanol–water partition coefficient (Wildman–Crippen LogP) is 7.16. The quantitative estimate of drug-likeness (QED) is 0.0922. The normalized spacial score (nSPS) is 13.6. The molecule has 1 aliphatic heterocycles. The molecule has 0 aliphatic carbocycles. The van der Waals surface area contributed by atoms with Crippen molar-refractivity contribution in [3.05, 3.63) is 120 Å². The molecular weight excluding hydrogens is 768 g/mol. The molecule has 0 radical (unpaired) electrons. The first-order chi connectivity index (χ1) is 26.8. The van der Waals surface area contributed by atoms with Crippen LogP contribution in [-0.2, 0) is 27.9 Å². The molecule has 0 spiro atoms. The zero-order valence-corrected chi connectivity index (χ0v) is 34.1. The zero-order valence-electron chi connectivity index (χ0n) is 32.5. The maximum absolute atomic E-state index is 13.6. The maximum Gasteiger partial charge on any atom is 0.335 e. The number of sulfonamides is 1. The van der Waals surface area contributed by atoms with E-state index in [0.29, 0.717) is 43.4 Å². The third-order valence-corrected chi connectivity index (χ3v) is 10.4. The number of anilines is 2. The third-order valence-electron chi connectivity index (χ3n) is 9.10. The van der Waals surface area contributed by atoms with E-state index in [1.165, 1.54) is 18.2 Å². The first-order valence-corrected chi connectivity index (χ1v) is 20.0. The van der Waals surface area contributed by atoms with Gasteiger partial charge >= 0.3 is 5.97 Å². The van der Waals surface area contributed by atoms with Crippen LogP contribution < -0.4 is 24.4 Å². The van der Waals surface area contributed by atoms with Gasteiger partial charge in [0.2, 0.25) is 11.8 Å². The second-order valence-electron chi connectivity index (χ2n) is 14.8. The van der Waals surface area contributed by atoms with Crippen LogP contribution in [0.2, 0.25) is 0 Å². The molecule has 1 fully saturated rings. The van der Waals surface area contributed by atoms with Gasteiger partial charge in [0.25, 0.3) is 10.0 Å². The van der Waals surface area contributed by atoms with Gasteiger partial charge in [-0.15, -0.1) is 12.4 Å². The van der Waals surface area contributed by atoms with Crippen LogP contribution in [-0.4, -0.2) is 73.4 Å². The molecule has 15 heteroatoms. The van der Waals surface area contributed by atoms with Gasteiger partial charge in [0.05, 0.1) is 46.9 Å². The molecule has 1 saturated heterocycles. The maximum atomic E-state index is 13.6. The van der Waals surface area contributed by atoms with Crippen LogP contribution in [0.3, 0.4) is 0 Å². The van der Waals surface area contributed by atoms with E-state index in [4.69, 9.17) is 19.2 Å². The number of aromatic nitrogens is 3. The monoisotopic (exact) mass is 816 g/mol. The van der Waals surface area contributed by atoms with Gasteiger partial charge in [-0.3, -0.25) is 4.98 Å². The molecule has 3 N–H and O–H groups in total. The van der Waals surface area contributed by atoms with E-state index in [9.17, 15) is 18.3 Å². The summed E-state index contributed by atoms with van der Waals surface area (Å²) in [6.07, 6.45) is 2.65. The zero-order chi connectivity index (χ0) is 39.7. The fourth-order valence-corrected chi connectivity index (χ4v) is 7.36. The molecule has 1 atom stereocenters. The second-order valence-corrected chi connectivity index (χ2v) is 16.5. The summed E-state index contributed by atoms with van der Waals surface area (Å²) in [5, 5.41) is 13.1. The molecule has 0 unspecified atom stereocenters. The molecule has 13 nitrogen and oxygen atoms in total. The van der Waals surface area contributed by atoms with E-state index in [1.807, 2.05) is 67.7 Å². The van der Waals surface area contributed by atoms with Crippen LogP contribution in [0, 0.1) is 12.3 Å². The molecule has 5 aromatic rings. The van der Waals surface area contributed by atoms with Crippen LogP contribution in [0.5, 0.6) is 11.6 Å². The number of morpholine rings is 1. The number of pyridine rings is 1. The fourth-order valence-electron chi connectivity index (χ4n) is 6.37. The van der Waals surface area contributed by atoms with Crippen molar-refractivity contribution in [2.75, 3.05) is 42.5 Å². The first-order valence-electron chi connectivity index (χ1n) is 18.5. The van der Waals surface area contributed by atoms with E-state index >= 15 is 0 Å². The minimum absolute atomic E-state index is 0. The summed E-state index contributed by atoms with van der Waals surface area (Å²) >= 11 is 0. The van der Waals surface area contributed by atoms with E-state index in [2.05, 4.69) is 51.7 Å². The number of ether oxygens (including phenoxy) is 3. The summed E-state index contributed by atoms with van der Waals surface area (Å²) in [5.41, 5.74) is 4.55. The number of carboxylic acid groups (broad SMARTS) is 1. The summed E-state index contributed by atoms with van der Waals surface area (Å²) in [4.78, 5) is 27.5. The molecule has 0 bridgehead atoms. The molecule has 2 aromatic heterocycles. The third kappa shape index (κ3) is 12.1. The summed E-state index contributed by atoms with van der Waals surface area (Å²) < 4.78 is 47.8. The van der Waals surface area contributed by atoms with Crippen molar-refractivity contribution in [2.24, 2.45) is 5.41 Å². The minimum Gasteiger partial charge on any atom is -0.488 e. The van der Waals surface area contributed by atoms with Crippen LogP contribution >= 0.6 is 12.4 Å². The Bertz CT molecular complexity index is 2220. The lowest BCUT2D eigenvalue weighted by molar-refractivity contribution is 0.0696. The summed E-state index contributed by atoms with van der Waals surface area (Å²) in [6.45, 7) is 12.5. The van der Waals surface area contributed by atoms with Crippen molar-refractivity contribution in [1.29, 1.82) is 0 Å². The molecule has 3 heterocycles. The smallest absolute Gasteiger partial charge is 0.335 e. The van der Waals surface area contributed by atoms with Gasteiger partial charge in [-0.1, -0.05) is 69.3 Å². The first kappa shape index (κ1) is 42.9.